The predicted octanol–water partition coefficient (Wildman–Crippen LogP) is 3.95. The summed E-state index contributed by atoms with van der Waals surface area (Å²) in [7, 11) is 0. The van der Waals surface area contributed by atoms with Crippen molar-refractivity contribution in [1.29, 1.82) is 0 Å². The molecule has 3 aromatic rings. The Morgan fingerprint density at radius 3 is 3.00 bits per heavy atom. The lowest BCUT2D eigenvalue weighted by Crippen LogP contribution is -2.39. The molecular weight excluding hydrogens is 306 g/mol. The molecule has 23 heavy (non-hydrogen) atoms. The molecule has 2 aromatic heterocycles. The van der Waals surface area contributed by atoms with Crippen LogP contribution in [0.5, 0.6) is 0 Å². The average Bonchev–Trinajstić information content (AvgIpc) is 3.20. The van der Waals surface area contributed by atoms with E-state index in [0.717, 1.165) is 53.2 Å². The highest BCUT2D eigenvalue weighted by molar-refractivity contribution is 7.12. The Morgan fingerprint density at radius 1 is 1.35 bits per heavy atom. The van der Waals surface area contributed by atoms with Gasteiger partial charge in [-0.15, -0.1) is 11.3 Å². The van der Waals surface area contributed by atoms with E-state index in [0.29, 0.717) is 5.92 Å². The minimum Gasteiger partial charge on any atom is -0.342 e. The number of benzene rings is 1. The lowest BCUT2D eigenvalue weighted by molar-refractivity contribution is 0.0709. The number of nitrogens with one attached hydrogen (secondary N) is 1. The predicted molar refractivity (Wildman–Crippen MR) is 93.0 cm³/mol. The highest BCUT2D eigenvalue weighted by atomic mass is 32.1. The van der Waals surface area contributed by atoms with Gasteiger partial charge in [-0.25, -0.2) is 4.98 Å². The summed E-state index contributed by atoms with van der Waals surface area (Å²) in [5.41, 5.74) is 3.14. The number of hydrogen-bond donors (Lipinski definition) is 1. The second kappa shape index (κ2) is 5.81. The van der Waals surface area contributed by atoms with Crippen molar-refractivity contribution in [3.63, 3.8) is 0 Å². The number of aromatic amines is 1. The number of aromatic nitrogens is 2. The number of H-pyrrole nitrogens is 1. The topological polar surface area (TPSA) is 49.0 Å². The van der Waals surface area contributed by atoms with Crippen LogP contribution in [0.4, 0.5) is 0 Å². The van der Waals surface area contributed by atoms with E-state index in [2.05, 4.69) is 4.98 Å². The zero-order chi connectivity index (χ0) is 15.8. The van der Waals surface area contributed by atoms with Gasteiger partial charge >= 0.3 is 0 Å². The molecule has 1 atom stereocenters. The van der Waals surface area contributed by atoms with Gasteiger partial charge in [-0.05, 0) is 48.9 Å². The number of imidazole rings is 1. The van der Waals surface area contributed by atoms with Gasteiger partial charge in [0.25, 0.3) is 5.91 Å². The lowest BCUT2D eigenvalue weighted by atomic mass is 9.97. The molecule has 1 amide bonds. The molecule has 0 radical (unpaired) electrons. The van der Waals surface area contributed by atoms with Gasteiger partial charge < -0.3 is 9.88 Å². The van der Waals surface area contributed by atoms with E-state index in [1.54, 1.807) is 0 Å². The molecule has 1 aliphatic heterocycles. The van der Waals surface area contributed by atoms with E-state index in [9.17, 15) is 4.79 Å². The largest absolute Gasteiger partial charge is 0.342 e. The van der Waals surface area contributed by atoms with Gasteiger partial charge in [0.05, 0.1) is 15.9 Å². The van der Waals surface area contributed by atoms with Crippen LogP contribution in [0.2, 0.25) is 0 Å². The van der Waals surface area contributed by atoms with Gasteiger partial charge in [-0.1, -0.05) is 12.1 Å². The molecule has 0 spiro atoms. The highest BCUT2D eigenvalue weighted by Crippen LogP contribution is 2.28. The molecule has 1 fully saturated rings. The number of aryl methyl sites for hydroxylation is 1. The molecule has 1 N–H and O–H groups in total. The molecule has 0 saturated carbocycles. The summed E-state index contributed by atoms with van der Waals surface area (Å²) in [5, 5.41) is 1.99. The van der Waals surface area contributed by atoms with E-state index in [4.69, 9.17) is 4.98 Å². The number of thiophene rings is 1. The zero-order valence-electron chi connectivity index (χ0n) is 13.1. The Labute approximate surface area is 139 Å². The van der Waals surface area contributed by atoms with Crippen LogP contribution in [0.15, 0.2) is 35.7 Å². The van der Waals surface area contributed by atoms with Crippen molar-refractivity contribution < 1.29 is 4.79 Å². The number of amides is 1. The number of piperidine rings is 1. The monoisotopic (exact) mass is 325 g/mol. The smallest absolute Gasteiger partial charge is 0.264 e. The summed E-state index contributed by atoms with van der Waals surface area (Å²) < 4.78 is 0. The molecule has 0 bridgehead atoms. The normalized spacial score (nSPS) is 18.5. The molecule has 0 aliphatic carbocycles. The molecule has 4 nitrogen and oxygen atoms in total. The number of para-hydroxylation sites is 2. The standard InChI is InChI=1S/C18H19N3OS/c1-12-8-10-23-16(12)18(22)21-9-4-5-13(11-21)17-19-14-6-2-3-7-15(14)20-17/h2-3,6-8,10,13H,4-5,9,11H2,1H3,(H,19,20). The summed E-state index contributed by atoms with van der Waals surface area (Å²) in [6.45, 7) is 3.59. The van der Waals surface area contributed by atoms with Crippen molar-refractivity contribution in [3.05, 3.63) is 52.0 Å². The Kier molecular flexibility index (Phi) is 3.65. The first-order valence-electron chi connectivity index (χ1n) is 8.00. The molecule has 1 aliphatic rings. The van der Waals surface area contributed by atoms with E-state index in [1.165, 1.54) is 11.3 Å². The highest BCUT2D eigenvalue weighted by Gasteiger charge is 2.28. The molecule has 5 heteroatoms. The van der Waals surface area contributed by atoms with E-state index in [1.807, 2.05) is 47.5 Å². The molecule has 1 aromatic carbocycles. The first kappa shape index (κ1) is 14.5. The molecule has 118 valence electrons. The van der Waals surface area contributed by atoms with Crippen molar-refractivity contribution >= 4 is 28.3 Å². The summed E-state index contributed by atoms with van der Waals surface area (Å²) in [6, 6.07) is 10.1. The molecule has 3 heterocycles. The number of likely N-dealkylation sites (tertiary alicyclic amines) is 1. The number of fused-ring (bicyclic) bond motifs is 1. The van der Waals surface area contributed by atoms with Crippen LogP contribution in [0, 0.1) is 6.92 Å². The van der Waals surface area contributed by atoms with Crippen molar-refractivity contribution in [2.24, 2.45) is 0 Å². The van der Waals surface area contributed by atoms with Gasteiger partial charge in [-0.3, -0.25) is 4.79 Å². The first-order chi connectivity index (χ1) is 11.2. The number of rotatable bonds is 2. The van der Waals surface area contributed by atoms with Crippen LogP contribution in [-0.4, -0.2) is 33.9 Å². The van der Waals surface area contributed by atoms with Crippen LogP contribution < -0.4 is 0 Å². The van der Waals surface area contributed by atoms with Crippen LogP contribution in [0.3, 0.4) is 0 Å². The fraction of sp³-hybridized carbons (Fsp3) is 0.333. The fourth-order valence-corrected chi connectivity index (χ4v) is 4.18. The average molecular weight is 325 g/mol. The third-order valence-electron chi connectivity index (χ3n) is 4.56. The number of nitrogens with zero attached hydrogens (tertiary/aromatic N) is 2. The molecular formula is C18H19N3OS. The quantitative estimate of drug-likeness (QED) is 0.775. The van der Waals surface area contributed by atoms with Gasteiger partial charge in [0, 0.05) is 19.0 Å². The van der Waals surface area contributed by atoms with E-state index in [-0.39, 0.29) is 5.91 Å². The van der Waals surface area contributed by atoms with Crippen molar-refractivity contribution in [2.45, 2.75) is 25.7 Å². The fourth-order valence-electron chi connectivity index (χ4n) is 3.29. The van der Waals surface area contributed by atoms with Crippen molar-refractivity contribution in [1.82, 2.24) is 14.9 Å². The minimum atomic E-state index is 0.165. The second-order valence-corrected chi connectivity index (χ2v) is 7.08. The van der Waals surface area contributed by atoms with Gasteiger partial charge in [0.2, 0.25) is 0 Å². The molecule has 1 saturated heterocycles. The maximum Gasteiger partial charge on any atom is 0.264 e. The second-order valence-electron chi connectivity index (χ2n) is 6.16. The Morgan fingerprint density at radius 2 is 2.22 bits per heavy atom. The summed E-state index contributed by atoms with van der Waals surface area (Å²) in [6.07, 6.45) is 2.10. The van der Waals surface area contributed by atoms with Crippen LogP contribution in [-0.2, 0) is 0 Å². The van der Waals surface area contributed by atoms with Gasteiger partial charge in [-0.2, -0.15) is 0 Å². The minimum absolute atomic E-state index is 0.165. The Bertz CT molecular complexity index is 818. The van der Waals surface area contributed by atoms with Gasteiger partial charge in [0.1, 0.15) is 5.82 Å². The maximum absolute atomic E-state index is 12.7. The molecule has 1 unspecified atom stereocenters. The van der Waals surface area contributed by atoms with Crippen LogP contribution in [0.25, 0.3) is 11.0 Å². The van der Waals surface area contributed by atoms with Crippen molar-refractivity contribution in [3.8, 4) is 0 Å². The lowest BCUT2D eigenvalue weighted by Gasteiger charge is -2.31. The maximum atomic E-state index is 12.7. The SMILES string of the molecule is Cc1ccsc1C(=O)N1CCCC(c2nc3ccccc3[nH]2)C1. The molecule has 4 rings (SSSR count). The van der Waals surface area contributed by atoms with Crippen molar-refractivity contribution in [2.75, 3.05) is 13.1 Å². The third kappa shape index (κ3) is 2.65. The summed E-state index contributed by atoms with van der Waals surface area (Å²) in [4.78, 5) is 23.7. The zero-order valence-corrected chi connectivity index (χ0v) is 13.9. The number of hydrogen-bond acceptors (Lipinski definition) is 3. The number of carbonyl (C=O) groups excluding carboxylic acids is 1. The Balaban J connectivity index is 1.57. The third-order valence-corrected chi connectivity index (χ3v) is 5.56. The van der Waals surface area contributed by atoms with Gasteiger partial charge in [0.15, 0.2) is 0 Å². The van der Waals surface area contributed by atoms with E-state index < -0.39 is 0 Å². The number of carbonyl (C=O) groups is 1. The summed E-state index contributed by atoms with van der Waals surface area (Å²) in [5.74, 6) is 1.46. The van der Waals surface area contributed by atoms with Crippen LogP contribution in [0.1, 0.15) is 39.8 Å². The van der Waals surface area contributed by atoms with Crippen LogP contribution >= 0.6 is 11.3 Å². The van der Waals surface area contributed by atoms with E-state index >= 15 is 0 Å². The summed E-state index contributed by atoms with van der Waals surface area (Å²) >= 11 is 1.54. The Hall–Kier alpha value is -2.14. The first-order valence-corrected chi connectivity index (χ1v) is 8.88.